The van der Waals surface area contributed by atoms with Gasteiger partial charge in [-0.1, -0.05) is 6.82 Å². The number of hydrogen-bond donors (Lipinski definition) is 0. The molecule has 4 heteroatoms. The van der Waals surface area contributed by atoms with Crippen LogP contribution in [-0.2, 0) is 0 Å². The van der Waals surface area contributed by atoms with E-state index in [1.165, 1.54) is 6.07 Å². The van der Waals surface area contributed by atoms with Crippen molar-refractivity contribution in [2.45, 2.75) is 13.7 Å². The molecule has 0 N–H and O–H groups in total. The molecular formula is C9H10BF2O. The molecule has 0 spiro atoms. The average molecular weight is 183 g/mol. The van der Waals surface area contributed by atoms with Crippen molar-refractivity contribution in [2.75, 3.05) is 6.61 Å². The third kappa shape index (κ3) is 2.20. The summed E-state index contributed by atoms with van der Waals surface area (Å²) in [6, 6.07) is 2.19. The van der Waals surface area contributed by atoms with Crippen LogP contribution < -0.4 is 10.2 Å². The molecule has 0 aliphatic carbocycles. The zero-order valence-corrected chi connectivity index (χ0v) is 7.60. The fourth-order valence-electron chi connectivity index (χ4n) is 1.03. The van der Waals surface area contributed by atoms with Crippen LogP contribution >= 0.6 is 0 Å². The molecule has 0 unspecified atom stereocenters. The summed E-state index contributed by atoms with van der Waals surface area (Å²) in [5, 5.41) is 0. The minimum atomic E-state index is -0.662. The number of hydrogen-bond acceptors (Lipinski definition) is 1. The van der Waals surface area contributed by atoms with E-state index in [4.69, 9.17) is 4.74 Å². The summed E-state index contributed by atoms with van der Waals surface area (Å²) >= 11 is 0. The van der Waals surface area contributed by atoms with Crippen molar-refractivity contribution in [3.05, 3.63) is 23.8 Å². The van der Waals surface area contributed by atoms with Crippen LogP contribution in [0.1, 0.15) is 6.92 Å². The first-order chi connectivity index (χ1) is 6.19. The molecule has 0 saturated heterocycles. The molecule has 0 heterocycles. The number of ether oxygens (including phenoxy) is 1. The van der Waals surface area contributed by atoms with Crippen molar-refractivity contribution in [1.29, 1.82) is 0 Å². The van der Waals surface area contributed by atoms with Crippen LogP contribution in [0, 0.1) is 11.6 Å². The van der Waals surface area contributed by atoms with Gasteiger partial charge in [0, 0.05) is 6.07 Å². The minimum absolute atomic E-state index is 0.0944. The van der Waals surface area contributed by atoms with Gasteiger partial charge < -0.3 is 4.74 Å². The van der Waals surface area contributed by atoms with Crippen LogP contribution in [0.5, 0.6) is 5.75 Å². The zero-order chi connectivity index (χ0) is 9.84. The van der Waals surface area contributed by atoms with Crippen molar-refractivity contribution >= 4 is 12.7 Å². The van der Waals surface area contributed by atoms with Gasteiger partial charge in [0.15, 0.2) is 18.8 Å². The van der Waals surface area contributed by atoms with E-state index in [1.54, 1.807) is 21.0 Å². The van der Waals surface area contributed by atoms with E-state index in [0.717, 1.165) is 6.07 Å². The molecule has 1 aromatic carbocycles. The Morgan fingerprint density at radius 2 is 2.00 bits per heavy atom. The first-order valence-corrected chi connectivity index (χ1v) is 4.10. The molecule has 0 aliphatic rings. The summed E-state index contributed by atoms with van der Waals surface area (Å²) in [5.74, 6) is -1.13. The highest BCUT2D eigenvalue weighted by molar-refractivity contribution is 6.52. The highest BCUT2D eigenvalue weighted by Crippen LogP contribution is 2.15. The standard InChI is InChI=1S/C9H10BF2O/c1-3-13-9-4-6(10-2)7(11)5-8(9)12/h4-5H,3H2,1-2H3. The fourth-order valence-corrected chi connectivity index (χ4v) is 1.03. The largest absolute Gasteiger partial charge is 0.491 e. The minimum Gasteiger partial charge on any atom is -0.491 e. The van der Waals surface area contributed by atoms with Crippen molar-refractivity contribution in [2.24, 2.45) is 0 Å². The third-order valence-electron chi connectivity index (χ3n) is 1.66. The molecule has 1 radical (unpaired) electrons. The second-order valence-electron chi connectivity index (χ2n) is 2.53. The van der Waals surface area contributed by atoms with Crippen LogP contribution in [0.25, 0.3) is 0 Å². The molecule has 69 valence electrons. The van der Waals surface area contributed by atoms with Crippen LogP contribution in [0.15, 0.2) is 12.1 Å². The summed E-state index contributed by atoms with van der Waals surface area (Å²) in [5.41, 5.74) is 0.352. The van der Waals surface area contributed by atoms with E-state index in [0.29, 0.717) is 12.1 Å². The van der Waals surface area contributed by atoms with E-state index in [9.17, 15) is 8.78 Å². The normalized spacial score (nSPS) is 9.85. The average Bonchev–Trinajstić information content (AvgIpc) is 2.10. The van der Waals surface area contributed by atoms with Crippen LogP contribution in [0.2, 0.25) is 6.82 Å². The van der Waals surface area contributed by atoms with Gasteiger partial charge in [-0.2, -0.15) is 0 Å². The van der Waals surface area contributed by atoms with E-state index in [-0.39, 0.29) is 5.75 Å². The number of rotatable bonds is 3. The first kappa shape index (κ1) is 10.0. The summed E-state index contributed by atoms with van der Waals surface area (Å²) in [7, 11) is 1.57. The second kappa shape index (κ2) is 4.26. The fraction of sp³-hybridized carbons (Fsp3) is 0.333. The van der Waals surface area contributed by atoms with Crippen molar-refractivity contribution in [3.8, 4) is 5.75 Å². The van der Waals surface area contributed by atoms with Crippen LogP contribution in [0.4, 0.5) is 8.78 Å². The molecule has 1 nitrogen and oxygen atoms in total. The summed E-state index contributed by atoms with van der Waals surface area (Å²) in [6.07, 6.45) is 0. The maximum Gasteiger partial charge on any atom is 0.167 e. The Morgan fingerprint density at radius 1 is 1.31 bits per heavy atom. The molecule has 0 amide bonds. The van der Waals surface area contributed by atoms with Gasteiger partial charge in [0.1, 0.15) is 5.82 Å². The van der Waals surface area contributed by atoms with Gasteiger partial charge in [-0.15, -0.1) is 0 Å². The Labute approximate surface area is 77.0 Å². The molecule has 0 aromatic heterocycles. The van der Waals surface area contributed by atoms with Gasteiger partial charge in [-0.25, -0.2) is 8.78 Å². The number of halogens is 2. The topological polar surface area (TPSA) is 9.23 Å². The van der Waals surface area contributed by atoms with Gasteiger partial charge in [0.2, 0.25) is 0 Å². The molecule has 0 bridgehead atoms. The molecule has 0 fully saturated rings. The Balaban J connectivity index is 3.06. The Kier molecular flexibility index (Phi) is 3.28. The van der Waals surface area contributed by atoms with Gasteiger partial charge >= 0.3 is 0 Å². The molecule has 0 saturated carbocycles. The lowest BCUT2D eigenvalue weighted by atomic mass is 9.73. The van der Waals surface area contributed by atoms with Crippen LogP contribution in [-0.4, -0.2) is 13.9 Å². The van der Waals surface area contributed by atoms with E-state index < -0.39 is 11.6 Å². The van der Waals surface area contributed by atoms with Crippen LogP contribution in [0.3, 0.4) is 0 Å². The van der Waals surface area contributed by atoms with Crippen molar-refractivity contribution in [3.63, 3.8) is 0 Å². The smallest absolute Gasteiger partial charge is 0.167 e. The third-order valence-corrected chi connectivity index (χ3v) is 1.66. The van der Waals surface area contributed by atoms with Crippen molar-refractivity contribution < 1.29 is 13.5 Å². The molecule has 13 heavy (non-hydrogen) atoms. The lowest BCUT2D eigenvalue weighted by Gasteiger charge is -2.06. The lowest BCUT2D eigenvalue weighted by molar-refractivity contribution is 0.321. The lowest BCUT2D eigenvalue weighted by Crippen LogP contribution is -2.16. The summed E-state index contributed by atoms with van der Waals surface area (Å²) in [4.78, 5) is 0. The first-order valence-electron chi connectivity index (χ1n) is 4.10. The predicted octanol–water partition coefficient (Wildman–Crippen LogP) is 1.74. The Morgan fingerprint density at radius 3 is 2.54 bits per heavy atom. The molecule has 1 rings (SSSR count). The highest BCUT2D eigenvalue weighted by atomic mass is 19.1. The van der Waals surface area contributed by atoms with E-state index >= 15 is 0 Å². The van der Waals surface area contributed by atoms with Gasteiger partial charge in [0.25, 0.3) is 0 Å². The monoisotopic (exact) mass is 183 g/mol. The molecule has 1 aromatic rings. The summed E-state index contributed by atoms with van der Waals surface area (Å²) < 4.78 is 30.9. The predicted molar refractivity (Wildman–Crippen MR) is 48.8 cm³/mol. The van der Waals surface area contributed by atoms with E-state index in [2.05, 4.69) is 0 Å². The van der Waals surface area contributed by atoms with Gasteiger partial charge in [-0.3, -0.25) is 0 Å². The Bertz CT molecular complexity index is 302. The quantitative estimate of drug-likeness (QED) is 0.648. The molecule has 0 atom stereocenters. The molecule has 0 aliphatic heterocycles. The maximum absolute atomic E-state index is 13.0. The Hall–Kier alpha value is -1.06. The number of benzene rings is 1. The second-order valence-corrected chi connectivity index (χ2v) is 2.53. The van der Waals surface area contributed by atoms with Gasteiger partial charge in [-0.05, 0) is 18.5 Å². The molecular weight excluding hydrogens is 173 g/mol. The SMILES string of the molecule is C[B]c1cc(OCC)c(F)cc1F. The maximum atomic E-state index is 13.0. The van der Waals surface area contributed by atoms with E-state index in [1.807, 2.05) is 0 Å². The van der Waals surface area contributed by atoms with Crippen molar-refractivity contribution in [1.82, 2.24) is 0 Å². The summed E-state index contributed by atoms with van der Waals surface area (Å²) in [6.45, 7) is 3.80. The zero-order valence-electron chi connectivity index (χ0n) is 7.60. The van der Waals surface area contributed by atoms with Gasteiger partial charge in [0.05, 0.1) is 6.61 Å². The highest BCUT2D eigenvalue weighted by Gasteiger charge is 2.09.